The molecule has 1 aromatic rings. The van der Waals surface area contributed by atoms with Crippen molar-refractivity contribution in [2.45, 2.75) is 19.8 Å². The van der Waals surface area contributed by atoms with Crippen molar-refractivity contribution in [3.63, 3.8) is 0 Å². The van der Waals surface area contributed by atoms with E-state index in [9.17, 15) is 4.79 Å². The Kier molecular flexibility index (Phi) is 3.00. The number of benzene rings is 1. The molecule has 0 heterocycles. The van der Waals surface area contributed by atoms with Gasteiger partial charge < -0.3 is 4.74 Å². The minimum absolute atomic E-state index is 0.0330. The van der Waals surface area contributed by atoms with Gasteiger partial charge in [0, 0.05) is 5.56 Å². The van der Waals surface area contributed by atoms with Crippen molar-refractivity contribution < 1.29 is 9.53 Å². The number of terminal acetylenes is 1. The second kappa shape index (κ2) is 4.34. The first-order chi connectivity index (χ1) is 8.52. The molecule has 1 aromatic carbocycles. The first-order valence-corrected chi connectivity index (χ1v) is 5.86. The molecule has 0 aliphatic heterocycles. The van der Waals surface area contributed by atoms with E-state index in [1.807, 2.05) is 13.0 Å². The van der Waals surface area contributed by atoms with E-state index >= 15 is 0 Å². The summed E-state index contributed by atoms with van der Waals surface area (Å²) in [5.41, 5.74) is 1.87. The van der Waals surface area contributed by atoms with E-state index in [2.05, 4.69) is 12.5 Å². The number of rotatable bonds is 3. The van der Waals surface area contributed by atoms with Crippen LogP contribution in [0.3, 0.4) is 0 Å². The third-order valence-electron chi connectivity index (χ3n) is 3.36. The molecule has 0 N–H and O–H groups in total. The highest BCUT2D eigenvalue weighted by molar-refractivity contribution is 6.07. The highest BCUT2D eigenvalue weighted by Gasteiger charge is 2.44. The van der Waals surface area contributed by atoms with Gasteiger partial charge in [0.25, 0.3) is 0 Å². The molecule has 1 atom stereocenters. The third-order valence-corrected chi connectivity index (χ3v) is 3.36. The second-order valence-electron chi connectivity index (χ2n) is 4.89. The molecule has 0 amide bonds. The van der Waals surface area contributed by atoms with Crippen molar-refractivity contribution in [2.24, 2.45) is 5.41 Å². The van der Waals surface area contributed by atoms with Crippen LogP contribution >= 0.6 is 0 Å². The minimum atomic E-state index is -0.749. The van der Waals surface area contributed by atoms with Crippen LogP contribution in [-0.2, 0) is 6.42 Å². The van der Waals surface area contributed by atoms with Gasteiger partial charge in [-0.3, -0.25) is 4.79 Å². The Balaban J connectivity index is 2.45. The van der Waals surface area contributed by atoms with Gasteiger partial charge >= 0.3 is 0 Å². The van der Waals surface area contributed by atoms with Crippen molar-refractivity contribution in [3.05, 3.63) is 41.5 Å². The fraction of sp³-hybridized carbons (Fsp3) is 0.312. The maximum absolute atomic E-state index is 12.5. The van der Waals surface area contributed by atoms with Crippen LogP contribution < -0.4 is 4.74 Å². The van der Waals surface area contributed by atoms with Crippen LogP contribution in [0.4, 0.5) is 0 Å². The molecule has 0 radical (unpaired) electrons. The Morgan fingerprint density at radius 1 is 1.61 bits per heavy atom. The summed E-state index contributed by atoms with van der Waals surface area (Å²) in [7, 11) is 1.61. The maximum Gasteiger partial charge on any atom is 0.181 e. The summed E-state index contributed by atoms with van der Waals surface area (Å²) in [5, 5.41) is 0. The van der Waals surface area contributed by atoms with E-state index in [1.54, 1.807) is 19.2 Å². The predicted molar refractivity (Wildman–Crippen MR) is 71.7 cm³/mol. The first kappa shape index (κ1) is 12.4. The minimum Gasteiger partial charge on any atom is -0.497 e. The number of Topliss-reactive ketones (excluding diaryl/α,β-unsaturated/α-hetero) is 1. The number of ketones is 1. The summed E-state index contributed by atoms with van der Waals surface area (Å²) >= 11 is 0. The highest BCUT2D eigenvalue weighted by atomic mass is 16.5. The Morgan fingerprint density at radius 2 is 2.33 bits per heavy atom. The third kappa shape index (κ3) is 1.82. The van der Waals surface area contributed by atoms with Crippen molar-refractivity contribution in [1.82, 2.24) is 0 Å². The van der Waals surface area contributed by atoms with Gasteiger partial charge in [0.15, 0.2) is 5.78 Å². The van der Waals surface area contributed by atoms with Crippen LogP contribution in [0.15, 0.2) is 30.4 Å². The van der Waals surface area contributed by atoms with Crippen LogP contribution in [0.5, 0.6) is 5.75 Å². The van der Waals surface area contributed by atoms with Crippen molar-refractivity contribution in [3.8, 4) is 18.1 Å². The number of ether oxygens (including phenoxy) is 1. The summed E-state index contributed by atoms with van der Waals surface area (Å²) in [4.78, 5) is 12.5. The fourth-order valence-corrected chi connectivity index (χ4v) is 2.55. The molecule has 18 heavy (non-hydrogen) atoms. The lowest BCUT2D eigenvalue weighted by Crippen LogP contribution is -2.26. The number of hydrogen-bond acceptors (Lipinski definition) is 2. The molecule has 2 nitrogen and oxygen atoms in total. The van der Waals surface area contributed by atoms with E-state index in [4.69, 9.17) is 11.2 Å². The molecule has 1 aliphatic rings. The van der Waals surface area contributed by atoms with Crippen LogP contribution in [0.2, 0.25) is 0 Å². The number of allylic oxidation sites excluding steroid dienone is 1. The zero-order valence-corrected chi connectivity index (χ0v) is 10.7. The molecule has 92 valence electrons. The second-order valence-corrected chi connectivity index (χ2v) is 4.89. The van der Waals surface area contributed by atoms with Gasteiger partial charge in [-0.2, -0.15) is 0 Å². The zero-order valence-electron chi connectivity index (χ0n) is 10.7. The Labute approximate surface area is 108 Å². The van der Waals surface area contributed by atoms with Gasteiger partial charge in [0.05, 0.1) is 7.11 Å². The lowest BCUT2D eigenvalue weighted by molar-refractivity contribution is 0.0884. The molecule has 2 rings (SSSR count). The first-order valence-electron chi connectivity index (χ1n) is 5.86. The van der Waals surface area contributed by atoms with E-state index in [0.29, 0.717) is 12.8 Å². The summed E-state index contributed by atoms with van der Waals surface area (Å²) in [6.07, 6.45) is 6.73. The molecular formula is C16H16O2. The van der Waals surface area contributed by atoms with Crippen molar-refractivity contribution in [2.75, 3.05) is 7.11 Å². The molecule has 0 saturated carbocycles. The van der Waals surface area contributed by atoms with E-state index in [1.165, 1.54) is 0 Å². The average Bonchev–Trinajstić information content (AvgIpc) is 2.62. The molecule has 0 bridgehead atoms. The van der Waals surface area contributed by atoms with Crippen LogP contribution in [0, 0.1) is 17.8 Å². The molecule has 0 unspecified atom stereocenters. The van der Waals surface area contributed by atoms with Gasteiger partial charge in [0.1, 0.15) is 11.2 Å². The summed E-state index contributed by atoms with van der Waals surface area (Å²) in [6, 6.07) is 5.49. The van der Waals surface area contributed by atoms with Crippen molar-refractivity contribution in [1.29, 1.82) is 0 Å². The molecule has 0 aromatic heterocycles. The predicted octanol–water partition coefficient (Wildman–Crippen LogP) is 3.02. The standard InChI is InChI=1S/C16H16O2/c1-5-16(9-11(2)3)10-12-8-13(18-4)6-7-14(12)15(16)17/h1,6-8H,2,9-10H2,3-4H3/t16-/m0/s1. The largest absolute Gasteiger partial charge is 0.497 e. The maximum atomic E-state index is 12.5. The van der Waals surface area contributed by atoms with E-state index in [0.717, 1.165) is 22.4 Å². The van der Waals surface area contributed by atoms with Gasteiger partial charge in [-0.15, -0.1) is 13.0 Å². The molecule has 2 heteroatoms. The highest BCUT2D eigenvalue weighted by Crippen LogP contribution is 2.41. The Bertz CT molecular complexity index is 563. The quantitative estimate of drug-likeness (QED) is 0.599. The van der Waals surface area contributed by atoms with Crippen molar-refractivity contribution >= 4 is 5.78 Å². The summed E-state index contributed by atoms with van der Waals surface area (Å²) < 4.78 is 5.18. The summed E-state index contributed by atoms with van der Waals surface area (Å²) in [5.74, 6) is 3.48. The molecule has 0 saturated heterocycles. The number of methoxy groups -OCH3 is 1. The van der Waals surface area contributed by atoms with Crippen LogP contribution in [0.1, 0.15) is 29.3 Å². The Hall–Kier alpha value is -2.01. The number of carbonyl (C=O) groups is 1. The zero-order chi connectivity index (χ0) is 13.3. The Morgan fingerprint density at radius 3 is 2.89 bits per heavy atom. The van der Waals surface area contributed by atoms with E-state index < -0.39 is 5.41 Å². The summed E-state index contributed by atoms with van der Waals surface area (Å²) in [6.45, 7) is 5.77. The topological polar surface area (TPSA) is 26.3 Å². The average molecular weight is 240 g/mol. The van der Waals surface area contributed by atoms with Crippen LogP contribution in [-0.4, -0.2) is 12.9 Å². The molecule has 0 spiro atoms. The molecule has 1 aliphatic carbocycles. The smallest absolute Gasteiger partial charge is 0.181 e. The van der Waals surface area contributed by atoms with Gasteiger partial charge in [-0.05, 0) is 43.5 Å². The van der Waals surface area contributed by atoms with Crippen LogP contribution in [0.25, 0.3) is 0 Å². The SMILES string of the molecule is C#C[C@]1(CC(=C)C)Cc2cc(OC)ccc2C1=O. The normalized spacial score (nSPS) is 21.3. The number of carbonyl (C=O) groups excluding carboxylic acids is 1. The molecule has 0 fully saturated rings. The lowest BCUT2D eigenvalue weighted by Gasteiger charge is -2.20. The number of fused-ring (bicyclic) bond motifs is 1. The van der Waals surface area contributed by atoms with Gasteiger partial charge in [0.2, 0.25) is 0 Å². The molecular weight excluding hydrogens is 224 g/mol. The van der Waals surface area contributed by atoms with Gasteiger partial charge in [-0.25, -0.2) is 0 Å². The fourth-order valence-electron chi connectivity index (χ4n) is 2.55. The lowest BCUT2D eigenvalue weighted by atomic mass is 9.79. The number of hydrogen-bond donors (Lipinski definition) is 0. The monoisotopic (exact) mass is 240 g/mol. The van der Waals surface area contributed by atoms with E-state index in [-0.39, 0.29) is 5.78 Å². The van der Waals surface area contributed by atoms with Gasteiger partial charge in [-0.1, -0.05) is 11.5 Å².